The van der Waals surface area contributed by atoms with Gasteiger partial charge in [0.25, 0.3) is 0 Å². The molecule has 0 aliphatic carbocycles. The summed E-state index contributed by atoms with van der Waals surface area (Å²) < 4.78 is 9.07. The molecular weight excluding hydrogens is 1210 g/mol. The Morgan fingerprint density at radius 1 is 0.320 bits per heavy atom. The highest BCUT2D eigenvalue weighted by Gasteiger charge is 2.32. The molecule has 20 aromatic rings. The van der Waals surface area contributed by atoms with Gasteiger partial charge >= 0.3 is 0 Å². The topological polar surface area (TPSA) is 15.3 Å². The average Bonchev–Trinajstić information content (AvgIpc) is 1.50. The number of anilines is 6. The van der Waals surface area contributed by atoms with Gasteiger partial charge in [0.1, 0.15) is 0 Å². The van der Waals surface area contributed by atoms with Crippen molar-refractivity contribution in [2.24, 2.45) is 0 Å². The number of nitrogens with zero attached hydrogens (tertiary/aromatic N) is 4. The minimum absolute atomic E-state index is 1.09. The molecule has 20 rings (SSSR count). The summed E-state index contributed by atoms with van der Waals surface area (Å²) in [5.41, 5.74) is 24.8. The summed E-state index contributed by atoms with van der Waals surface area (Å²) in [5, 5.41) is 13.8. The zero-order valence-electron chi connectivity index (χ0n) is 52.9. The lowest BCUT2D eigenvalue weighted by molar-refractivity contribution is 1.30. The van der Waals surface area contributed by atoms with Crippen molar-refractivity contribution in [1.29, 1.82) is 0 Å². The van der Waals surface area contributed by atoms with Crippen LogP contribution in [0.15, 0.2) is 316 Å². The van der Waals surface area contributed by atoms with E-state index in [-0.39, 0.29) is 0 Å². The van der Waals surface area contributed by atoms with Crippen molar-refractivity contribution in [3.05, 3.63) is 326 Å². The van der Waals surface area contributed by atoms with E-state index in [1.54, 1.807) is 11.3 Å². The molecule has 0 saturated heterocycles. The molecule has 97 heavy (non-hydrogen) atoms. The molecule has 0 spiro atoms. The van der Waals surface area contributed by atoms with E-state index in [0.717, 1.165) is 34.0 Å². The first-order valence-electron chi connectivity index (χ1n) is 33.2. The second-order valence-electron chi connectivity index (χ2n) is 25.3. The van der Waals surface area contributed by atoms with Crippen molar-refractivity contribution in [3.8, 4) is 44.5 Å². The molecule has 6 heterocycles. The van der Waals surface area contributed by atoms with Crippen molar-refractivity contribution >= 4 is 175 Å². The minimum atomic E-state index is 1.09. The molecule has 0 aliphatic heterocycles. The summed E-state index contributed by atoms with van der Waals surface area (Å²) >= 11 is 3.67. The summed E-state index contributed by atoms with van der Waals surface area (Å²) in [7, 11) is 0. The van der Waals surface area contributed by atoms with E-state index in [2.05, 4.69) is 348 Å². The van der Waals surface area contributed by atoms with E-state index in [9.17, 15) is 0 Å². The molecular formula is C91H58N4S2. The Bertz CT molecular complexity index is 6560. The van der Waals surface area contributed by atoms with Crippen LogP contribution >= 0.6 is 22.7 Å². The van der Waals surface area contributed by atoms with Crippen LogP contribution in [-0.4, -0.2) is 8.80 Å². The molecule has 0 amide bonds. The Kier molecular flexibility index (Phi) is 12.4. The number of thiophene rings is 2. The fraction of sp³-hybridized carbons (Fsp3) is 0.0110. The molecule has 0 radical (unpaired) electrons. The minimum Gasteiger partial charge on any atom is -0.309 e. The van der Waals surface area contributed by atoms with Crippen molar-refractivity contribution < 1.29 is 0 Å². The summed E-state index contributed by atoms with van der Waals surface area (Å²) in [4.78, 5) is 6.00. The summed E-state index contributed by atoms with van der Waals surface area (Å²) in [6.45, 7) is 6.31. The van der Waals surface area contributed by atoms with Crippen LogP contribution in [0.3, 0.4) is 0 Å². The molecule has 0 atom stereocenters. The third kappa shape index (κ3) is 8.09. The Balaban J connectivity index is 0.798. The number of aromatic nitrogens is 2. The highest BCUT2D eigenvalue weighted by Crippen LogP contribution is 2.56. The number of allylic oxidation sites excluding steroid dienone is 1. The van der Waals surface area contributed by atoms with Crippen LogP contribution < -0.4 is 9.80 Å². The van der Waals surface area contributed by atoms with Crippen LogP contribution in [0.4, 0.5) is 34.1 Å². The van der Waals surface area contributed by atoms with Crippen molar-refractivity contribution in [3.63, 3.8) is 0 Å². The molecule has 6 aromatic heterocycles. The molecule has 0 fully saturated rings. The van der Waals surface area contributed by atoms with E-state index in [1.807, 2.05) is 17.4 Å². The van der Waals surface area contributed by atoms with Crippen LogP contribution in [-0.2, 0) is 0 Å². The number of hydrogen-bond donors (Lipinski definition) is 0. The first-order valence-corrected chi connectivity index (χ1v) is 34.9. The lowest BCUT2D eigenvalue weighted by atomic mass is 9.89. The predicted octanol–water partition coefficient (Wildman–Crippen LogP) is 26.9. The fourth-order valence-electron chi connectivity index (χ4n) is 16.4. The van der Waals surface area contributed by atoms with Gasteiger partial charge in [-0.25, -0.2) is 0 Å². The molecule has 14 aromatic carbocycles. The molecule has 0 saturated carbocycles. The molecule has 454 valence electrons. The molecule has 6 heteroatoms. The third-order valence-corrected chi connectivity index (χ3v) is 22.7. The largest absolute Gasteiger partial charge is 0.309 e. The monoisotopic (exact) mass is 1270 g/mol. The van der Waals surface area contributed by atoms with E-state index in [0.29, 0.717) is 0 Å². The van der Waals surface area contributed by atoms with Gasteiger partial charge in [-0.2, -0.15) is 0 Å². The van der Waals surface area contributed by atoms with Crippen LogP contribution in [0.1, 0.15) is 17.4 Å². The zero-order chi connectivity index (χ0) is 64.0. The maximum atomic E-state index is 4.22. The zero-order valence-corrected chi connectivity index (χ0v) is 54.5. The van der Waals surface area contributed by atoms with Crippen molar-refractivity contribution in [2.75, 3.05) is 9.80 Å². The summed E-state index contributed by atoms with van der Waals surface area (Å²) in [6, 6.07) is 113. The smallest absolute Gasteiger partial charge is 0.0640 e. The van der Waals surface area contributed by atoms with Crippen molar-refractivity contribution in [1.82, 2.24) is 8.80 Å². The maximum Gasteiger partial charge on any atom is 0.0640 e. The van der Waals surface area contributed by atoms with E-state index >= 15 is 0 Å². The normalized spacial score (nSPS) is 12.2. The lowest BCUT2D eigenvalue weighted by Crippen LogP contribution is -2.09. The van der Waals surface area contributed by atoms with E-state index in [1.165, 1.54) is 162 Å². The number of benzene rings is 14. The average molecular weight is 1270 g/mol. The quantitative estimate of drug-likeness (QED) is 0.121. The summed E-state index contributed by atoms with van der Waals surface area (Å²) in [5.74, 6) is 0. The van der Waals surface area contributed by atoms with Crippen LogP contribution in [0, 0.1) is 0 Å². The standard InChI is InChI=1S/C91H58N4S2/c1-3-25-66-68-37-23-45-76(90(68)96-78(66)4-2)92(60-30-13-7-14-31-60)62-52-48-56(49-53-62)64-35-21-43-74-82(64)70-39-19-41-72-84-81(59-28-11-6-12-29-59)89-85(80(58-26-9-5-10-27-58)88(84)94(74)86(70)72)73-42-20-40-71-83-65(36-22-44-75(83)95(89)87(71)73)57-50-54-63(55-51-57)93(61-32-15-8-16-33-61)77-46-24-38-69-67-34-17-18-47-79(67)97-91(69)77/h3-55H,2H2,1H3/b25-3-. The first kappa shape index (κ1) is 55.4. The lowest BCUT2D eigenvalue weighted by Gasteiger charge is -2.26. The van der Waals surface area contributed by atoms with E-state index in [4.69, 9.17) is 0 Å². The fourth-order valence-corrected chi connectivity index (χ4v) is 18.7. The van der Waals surface area contributed by atoms with Gasteiger partial charge in [-0.3, -0.25) is 0 Å². The van der Waals surface area contributed by atoms with Gasteiger partial charge < -0.3 is 18.6 Å². The van der Waals surface area contributed by atoms with Gasteiger partial charge in [-0.1, -0.05) is 249 Å². The molecule has 4 nitrogen and oxygen atoms in total. The second-order valence-corrected chi connectivity index (χ2v) is 27.4. The number of rotatable bonds is 12. The van der Waals surface area contributed by atoms with Gasteiger partial charge in [0, 0.05) is 108 Å². The highest BCUT2D eigenvalue weighted by atomic mass is 32.1. The number of fused-ring (bicyclic) bond motifs is 16. The Hall–Kier alpha value is -12.1. The van der Waals surface area contributed by atoms with Gasteiger partial charge in [-0.05, 0) is 119 Å². The van der Waals surface area contributed by atoms with Crippen LogP contribution in [0.5, 0.6) is 0 Å². The number of para-hydroxylation sites is 4. The van der Waals surface area contributed by atoms with Crippen LogP contribution in [0.25, 0.3) is 163 Å². The highest BCUT2D eigenvalue weighted by molar-refractivity contribution is 7.26. The SMILES string of the molecule is C=Cc1sc2c(N(c3ccccc3)c3ccc(-c4cccc5c4c4cccc6c7c(-c8ccccc8)c8c(c(-c9ccccc9)c7n5c46)c4cccc5c6c(-c7ccc(N(c9ccccc9)c9cccc%10c9sc9ccccc9%10)cc7)cccc6n8c54)cc3)cccc2c1/C=C\C. The molecule has 0 unspecified atom stereocenters. The van der Waals surface area contributed by atoms with Gasteiger partial charge in [0.2, 0.25) is 0 Å². The predicted molar refractivity (Wildman–Crippen MR) is 420 cm³/mol. The van der Waals surface area contributed by atoms with Gasteiger partial charge in [0.05, 0.1) is 53.9 Å². The first-order chi connectivity index (χ1) is 48.1. The molecule has 0 bridgehead atoms. The third-order valence-electron chi connectivity index (χ3n) is 20.2. The second kappa shape index (κ2) is 21.7. The molecule has 0 aliphatic rings. The number of hydrogen-bond acceptors (Lipinski definition) is 4. The Labute approximate surface area is 567 Å². The van der Waals surface area contributed by atoms with Crippen LogP contribution in [0.2, 0.25) is 0 Å². The van der Waals surface area contributed by atoms with Gasteiger partial charge in [-0.15, -0.1) is 22.7 Å². The Morgan fingerprint density at radius 3 is 1.20 bits per heavy atom. The summed E-state index contributed by atoms with van der Waals surface area (Å²) in [6.07, 6.45) is 6.32. The molecule has 0 N–H and O–H groups in total. The maximum absolute atomic E-state index is 4.22. The van der Waals surface area contributed by atoms with Gasteiger partial charge in [0.15, 0.2) is 0 Å². The Morgan fingerprint density at radius 2 is 0.711 bits per heavy atom. The van der Waals surface area contributed by atoms with Crippen molar-refractivity contribution in [2.45, 2.75) is 6.92 Å². The van der Waals surface area contributed by atoms with E-state index < -0.39 is 0 Å².